The molecule has 2 amide bonds. The number of nitrogens with one attached hydrogen (secondary N) is 2. The van der Waals surface area contributed by atoms with Crippen LogP contribution in [0.1, 0.15) is 62.0 Å². The molecule has 0 aliphatic heterocycles. The van der Waals surface area contributed by atoms with E-state index in [-0.39, 0.29) is 30.3 Å². The average molecular weight is 367 g/mol. The van der Waals surface area contributed by atoms with Crippen LogP contribution in [0.15, 0.2) is 60.7 Å². The molecule has 0 fully saturated rings. The van der Waals surface area contributed by atoms with Gasteiger partial charge in [-0.3, -0.25) is 9.59 Å². The lowest BCUT2D eigenvalue weighted by Crippen LogP contribution is -2.37. The smallest absolute Gasteiger partial charge is 0.251 e. The molecule has 2 unspecified atom stereocenters. The van der Waals surface area contributed by atoms with Gasteiger partial charge in [0.05, 0.1) is 12.5 Å². The second kappa shape index (κ2) is 10.5. The Morgan fingerprint density at radius 1 is 0.815 bits per heavy atom. The van der Waals surface area contributed by atoms with Gasteiger partial charge in [-0.15, -0.1) is 0 Å². The maximum absolute atomic E-state index is 12.6. The maximum Gasteiger partial charge on any atom is 0.251 e. The van der Waals surface area contributed by atoms with Gasteiger partial charge >= 0.3 is 0 Å². The standard InChI is InChI=1S/C23H30N2O2/c1-17(2)14-15-18(3)24-22(26)16-21(19-10-6-4-7-11-19)25-23(27)20-12-8-5-9-13-20/h4-13,17-18,21H,14-16H2,1-3H3,(H,24,26)(H,25,27). The zero-order chi connectivity index (χ0) is 19.6. The van der Waals surface area contributed by atoms with Gasteiger partial charge in [0, 0.05) is 11.6 Å². The Hall–Kier alpha value is -2.62. The lowest BCUT2D eigenvalue weighted by atomic mass is 10.0. The summed E-state index contributed by atoms with van der Waals surface area (Å²) in [5.41, 5.74) is 1.51. The van der Waals surface area contributed by atoms with Gasteiger partial charge in [0.2, 0.25) is 5.91 Å². The third-order valence-corrected chi connectivity index (χ3v) is 4.52. The molecule has 2 rings (SSSR count). The van der Waals surface area contributed by atoms with Crippen LogP contribution < -0.4 is 10.6 Å². The summed E-state index contributed by atoms with van der Waals surface area (Å²) in [4.78, 5) is 25.1. The first kappa shape index (κ1) is 20.7. The summed E-state index contributed by atoms with van der Waals surface area (Å²) in [7, 11) is 0. The molecular weight excluding hydrogens is 336 g/mol. The van der Waals surface area contributed by atoms with Crippen LogP contribution in [0.5, 0.6) is 0 Å². The molecular formula is C23H30N2O2. The molecule has 0 spiro atoms. The van der Waals surface area contributed by atoms with Crippen molar-refractivity contribution in [1.82, 2.24) is 10.6 Å². The van der Waals surface area contributed by atoms with E-state index in [1.807, 2.05) is 55.5 Å². The molecule has 4 heteroatoms. The quantitative estimate of drug-likeness (QED) is 0.687. The summed E-state index contributed by atoms with van der Waals surface area (Å²) >= 11 is 0. The average Bonchev–Trinajstić information content (AvgIpc) is 2.67. The minimum absolute atomic E-state index is 0.0477. The SMILES string of the molecule is CC(C)CCC(C)NC(=O)CC(NC(=O)c1ccccc1)c1ccccc1. The van der Waals surface area contributed by atoms with Gasteiger partial charge in [-0.2, -0.15) is 0 Å². The van der Waals surface area contributed by atoms with Crippen molar-refractivity contribution in [1.29, 1.82) is 0 Å². The first-order valence-corrected chi connectivity index (χ1v) is 9.66. The Labute approximate surface area is 162 Å². The van der Waals surface area contributed by atoms with Crippen LogP contribution in [-0.2, 0) is 4.79 Å². The zero-order valence-electron chi connectivity index (χ0n) is 16.4. The van der Waals surface area contributed by atoms with E-state index in [9.17, 15) is 9.59 Å². The molecule has 27 heavy (non-hydrogen) atoms. The summed E-state index contributed by atoms with van der Waals surface area (Å²) in [6.45, 7) is 6.39. The van der Waals surface area contributed by atoms with Crippen molar-refractivity contribution in [3.63, 3.8) is 0 Å². The molecule has 2 atom stereocenters. The second-order valence-electron chi connectivity index (χ2n) is 7.45. The van der Waals surface area contributed by atoms with Crippen LogP contribution >= 0.6 is 0 Å². The highest BCUT2D eigenvalue weighted by Gasteiger charge is 2.20. The third-order valence-electron chi connectivity index (χ3n) is 4.52. The van der Waals surface area contributed by atoms with Crippen molar-refractivity contribution in [3.8, 4) is 0 Å². The van der Waals surface area contributed by atoms with Gasteiger partial charge in [0.15, 0.2) is 0 Å². The number of rotatable bonds is 9. The van der Waals surface area contributed by atoms with Gasteiger partial charge < -0.3 is 10.6 Å². The molecule has 0 bridgehead atoms. The highest BCUT2D eigenvalue weighted by Crippen LogP contribution is 2.18. The van der Waals surface area contributed by atoms with E-state index in [2.05, 4.69) is 24.5 Å². The van der Waals surface area contributed by atoms with Crippen molar-refractivity contribution in [2.75, 3.05) is 0 Å². The van der Waals surface area contributed by atoms with E-state index in [0.717, 1.165) is 18.4 Å². The van der Waals surface area contributed by atoms with E-state index >= 15 is 0 Å². The van der Waals surface area contributed by atoms with Crippen molar-refractivity contribution >= 4 is 11.8 Å². The van der Waals surface area contributed by atoms with E-state index < -0.39 is 0 Å². The molecule has 2 aromatic rings. The van der Waals surface area contributed by atoms with E-state index in [0.29, 0.717) is 11.5 Å². The first-order chi connectivity index (χ1) is 13.0. The molecule has 2 N–H and O–H groups in total. The first-order valence-electron chi connectivity index (χ1n) is 9.66. The van der Waals surface area contributed by atoms with Crippen LogP contribution in [0.3, 0.4) is 0 Å². The van der Waals surface area contributed by atoms with Crippen molar-refractivity contribution < 1.29 is 9.59 Å². The molecule has 144 valence electrons. The van der Waals surface area contributed by atoms with Crippen LogP contribution in [0, 0.1) is 5.92 Å². The molecule has 4 nitrogen and oxygen atoms in total. The summed E-state index contributed by atoms with van der Waals surface area (Å²) < 4.78 is 0. The molecule has 0 heterocycles. The Balaban J connectivity index is 2.03. The van der Waals surface area contributed by atoms with E-state index in [1.54, 1.807) is 12.1 Å². The van der Waals surface area contributed by atoms with Gasteiger partial charge in [0.25, 0.3) is 5.91 Å². The monoisotopic (exact) mass is 366 g/mol. The zero-order valence-corrected chi connectivity index (χ0v) is 16.4. The lowest BCUT2D eigenvalue weighted by molar-refractivity contribution is -0.122. The Bertz CT molecular complexity index is 714. The third kappa shape index (κ3) is 7.26. The second-order valence-corrected chi connectivity index (χ2v) is 7.45. The fourth-order valence-electron chi connectivity index (χ4n) is 2.94. The van der Waals surface area contributed by atoms with Crippen LogP contribution in [-0.4, -0.2) is 17.9 Å². The predicted octanol–water partition coefficient (Wildman–Crippen LogP) is 4.49. The minimum atomic E-state index is -0.365. The summed E-state index contributed by atoms with van der Waals surface area (Å²) in [5, 5.41) is 6.06. The van der Waals surface area contributed by atoms with Crippen molar-refractivity contribution in [2.45, 2.75) is 52.1 Å². The summed E-state index contributed by atoms with van der Waals surface area (Å²) in [6, 6.07) is 18.5. The number of hydrogen-bond acceptors (Lipinski definition) is 2. The number of benzene rings is 2. The lowest BCUT2D eigenvalue weighted by Gasteiger charge is -2.21. The van der Waals surface area contributed by atoms with Crippen LogP contribution in [0.4, 0.5) is 0 Å². The summed E-state index contributed by atoms with van der Waals surface area (Å²) in [6.07, 6.45) is 2.25. The Morgan fingerprint density at radius 2 is 1.41 bits per heavy atom. The highest BCUT2D eigenvalue weighted by atomic mass is 16.2. The Morgan fingerprint density at radius 3 is 2.00 bits per heavy atom. The number of carbonyl (C=O) groups excluding carboxylic acids is 2. The number of amides is 2. The topological polar surface area (TPSA) is 58.2 Å². The molecule has 0 aliphatic rings. The largest absolute Gasteiger partial charge is 0.354 e. The molecule has 0 saturated carbocycles. The van der Waals surface area contributed by atoms with E-state index in [1.165, 1.54) is 0 Å². The van der Waals surface area contributed by atoms with Crippen molar-refractivity contribution in [3.05, 3.63) is 71.8 Å². The maximum atomic E-state index is 12.6. The molecule has 0 aromatic heterocycles. The van der Waals surface area contributed by atoms with E-state index in [4.69, 9.17) is 0 Å². The molecule has 2 aromatic carbocycles. The molecule has 0 aliphatic carbocycles. The van der Waals surface area contributed by atoms with Crippen LogP contribution in [0.2, 0.25) is 0 Å². The van der Waals surface area contributed by atoms with Crippen molar-refractivity contribution in [2.24, 2.45) is 5.92 Å². The normalized spacial score (nSPS) is 13.0. The van der Waals surface area contributed by atoms with Gasteiger partial charge in [-0.1, -0.05) is 62.4 Å². The highest BCUT2D eigenvalue weighted by molar-refractivity contribution is 5.94. The van der Waals surface area contributed by atoms with Gasteiger partial charge in [-0.25, -0.2) is 0 Å². The summed E-state index contributed by atoms with van der Waals surface area (Å²) in [5.74, 6) is 0.394. The predicted molar refractivity (Wildman–Crippen MR) is 109 cm³/mol. The minimum Gasteiger partial charge on any atom is -0.354 e. The fourth-order valence-corrected chi connectivity index (χ4v) is 2.94. The number of hydrogen-bond donors (Lipinski definition) is 2. The van der Waals surface area contributed by atoms with Crippen LogP contribution in [0.25, 0.3) is 0 Å². The fraction of sp³-hybridized carbons (Fsp3) is 0.391. The molecule has 0 saturated heterocycles. The van der Waals surface area contributed by atoms with Gasteiger partial charge in [-0.05, 0) is 43.4 Å². The number of carbonyl (C=O) groups is 2. The Kier molecular flexibility index (Phi) is 8.05. The van der Waals surface area contributed by atoms with Gasteiger partial charge in [0.1, 0.15) is 0 Å². The molecule has 0 radical (unpaired) electrons.